The number of rotatable bonds is 13. The van der Waals surface area contributed by atoms with Gasteiger partial charge in [-0.1, -0.05) is 29.8 Å². The smallest absolute Gasteiger partial charge is 0.274 e. The van der Waals surface area contributed by atoms with Gasteiger partial charge in [0.2, 0.25) is 11.8 Å². The van der Waals surface area contributed by atoms with Gasteiger partial charge in [0.1, 0.15) is 5.69 Å². The number of hydrogen-bond acceptors (Lipinski definition) is 9. The van der Waals surface area contributed by atoms with Gasteiger partial charge >= 0.3 is 0 Å². The molecule has 0 aliphatic carbocycles. The average Bonchev–Trinajstić information content (AvgIpc) is 3.47. The molecule has 1 fully saturated rings. The van der Waals surface area contributed by atoms with Crippen molar-refractivity contribution in [3.8, 4) is 28.4 Å². The van der Waals surface area contributed by atoms with Crippen molar-refractivity contribution in [2.75, 3.05) is 32.1 Å². The lowest BCUT2D eigenvalue weighted by molar-refractivity contribution is -0.119. The number of carbonyl (C=O) groups is 2. The molecule has 4 aromatic rings. The van der Waals surface area contributed by atoms with Crippen LogP contribution in [0.3, 0.4) is 0 Å². The minimum absolute atomic E-state index is 0.0189. The van der Waals surface area contributed by atoms with E-state index in [1.54, 1.807) is 36.5 Å². The summed E-state index contributed by atoms with van der Waals surface area (Å²) >= 11 is 6.79. The van der Waals surface area contributed by atoms with E-state index in [-0.39, 0.29) is 46.2 Å². The van der Waals surface area contributed by atoms with Crippen LogP contribution in [0.15, 0.2) is 60.9 Å². The van der Waals surface area contributed by atoms with Gasteiger partial charge in [-0.15, -0.1) is 0 Å². The first-order valence-corrected chi connectivity index (χ1v) is 14.8. The summed E-state index contributed by atoms with van der Waals surface area (Å²) in [6, 6.07) is 13.3. The van der Waals surface area contributed by atoms with Gasteiger partial charge in [0.05, 0.1) is 35.8 Å². The summed E-state index contributed by atoms with van der Waals surface area (Å²) < 4.78 is 21.3. The molecule has 45 heavy (non-hydrogen) atoms. The average molecular weight is 634 g/mol. The lowest BCUT2D eigenvalue weighted by atomic mass is 10.0. The van der Waals surface area contributed by atoms with Gasteiger partial charge in [0.25, 0.3) is 5.91 Å². The van der Waals surface area contributed by atoms with Crippen molar-refractivity contribution in [2.45, 2.75) is 32.0 Å². The van der Waals surface area contributed by atoms with Gasteiger partial charge in [-0.05, 0) is 42.3 Å². The van der Waals surface area contributed by atoms with Crippen molar-refractivity contribution in [1.82, 2.24) is 30.9 Å². The highest BCUT2D eigenvalue weighted by Crippen LogP contribution is 2.37. The second-order valence-electron chi connectivity index (χ2n) is 10.4. The molecular formula is C32H33ClFN7O4. The fourth-order valence-electron chi connectivity index (χ4n) is 4.94. The fourth-order valence-corrected chi connectivity index (χ4v) is 5.25. The minimum Gasteiger partial charge on any atom is -0.481 e. The van der Waals surface area contributed by atoms with E-state index in [2.05, 4.69) is 36.2 Å². The Morgan fingerprint density at radius 1 is 1.11 bits per heavy atom. The Morgan fingerprint density at radius 2 is 1.98 bits per heavy atom. The number of aliphatic hydroxyl groups is 1. The number of benzene rings is 1. The highest BCUT2D eigenvalue weighted by atomic mass is 35.5. The summed E-state index contributed by atoms with van der Waals surface area (Å²) in [5.74, 6) is -0.803. The lowest BCUT2D eigenvalue weighted by Crippen LogP contribution is -2.35. The summed E-state index contributed by atoms with van der Waals surface area (Å²) in [5.41, 5.74) is 3.06. The van der Waals surface area contributed by atoms with Gasteiger partial charge in [-0.3, -0.25) is 19.6 Å². The molecule has 1 saturated heterocycles. The van der Waals surface area contributed by atoms with Crippen molar-refractivity contribution in [1.29, 1.82) is 0 Å². The Labute approximate surface area is 264 Å². The largest absolute Gasteiger partial charge is 0.481 e. The number of aromatic nitrogens is 3. The minimum atomic E-state index is -0.701. The zero-order chi connectivity index (χ0) is 31.8. The molecule has 5 rings (SSSR count). The normalized spacial score (nSPS) is 14.3. The first-order chi connectivity index (χ1) is 21.9. The fraction of sp³-hybridized carbons (Fsp3) is 0.281. The molecule has 2 amide bonds. The van der Waals surface area contributed by atoms with E-state index in [0.29, 0.717) is 49.7 Å². The van der Waals surface area contributed by atoms with Crippen molar-refractivity contribution < 1.29 is 23.8 Å². The molecule has 13 heteroatoms. The maximum atomic E-state index is 15.8. The maximum absolute atomic E-state index is 15.8. The van der Waals surface area contributed by atoms with Gasteiger partial charge in [-0.2, -0.15) is 0 Å². The van der Waals surface area contributed by atoms with E-state index in [1.165, 1.54) is 25.4 Å². The number of methoxy groups -OCH3 is 1. The third kappa shape index (κ3) is 7.78. The van der Waals surface area contributed by atoms with E-state index in [1.807, 2.05) is 6.07 Å². The highest BCUT2D eigenvalue weighted by Gasteiger charge is 2.22. The van der Waals surface area contributed by atoms with E-state index in [0.717, 1.165) is 17.5 Å². The molecular weight excluding hydrogens is 601 g/mol. The summed E-state index contributed by atoms with van der Waals surface area (Å²) in [6.45, 7) is 2.08. The number of pyridine rings is 3. The number of aliphatic hydroxyl groups excluding tert-OH is 1. The quantitative estimate of drug-likeness (QED) is 0.139. The van der Waals surface area contributed by atoms with E-state index in [4.69, 9.17) is 21.4 Å². The molecule has 0 spiro atoms. The first kappa shape index (κ1) is 31.9. The van der Waals surface area contributed by atoms with Crippen LogP contribution in [-0.4, -0.2) is 64.7 Å². The van der Waals surface area contributed by atoms with E-state index in [9.17, 15) is 9.59 Å². The van der Waals surface area contributed by atoms with Crippen LogP contribution in [0, 0.1) is 5.82 Å². The molecule has 1 aliphatic heterocycles. The Hall–Kier alpha value is -4.49. The van der Waals surface area contributed by atoms with Crippen molar-refractivity contribution in [3.63, 3.8) is 0 Å². The van der Waals surface area contributed by atoms with Gasteiger partial charge in [0, 0.05) is 67.7 Å². The SMILES string of the molecule is COc1nc(-c2ccnc(-c3cccc(NC(=O)c4ccc(CNCCO)cn4)c3F)c2Cl)ccc1CNCC1CCC(=O)N1. The van der Waals surface area contributed by atoms with E-state index < -0.39 is 11.7 Å². The predicted octanol–water partition coefficient (Wildman–Crippen LogP) is 3.71. The molecule has 3 aromatic heterocycles. The molecule has 1 aromatic carbocycles. The number of anilines is 1. The third-order valence-electron chi connectivity index (χ3n) is 7.27. The maximum Gasteiger partial charge on any atom is 0.274 e. The molecule has 1 aliphatic rings. The number of amides is 2. The molecule has 1 atom stereocenters. The van der Waals surface area contributed by atoms with Crippen molar-refractivity contribution in [2.24, 2.45) is 0 Å². The van der Waals surface area contributed by atoms with Crippen LogP contribution in [0.1, 0.15) is 34.5 Å². The van der Waals surface area contributed by atoms with Gasteiger partial charge < -0.3 is 31.1 Å². The number of nitrogens with zero attached hydrogens (tertiary/aromatic N) is 3. The lowest BCUT2D eigenvalue weighted by Gasteiger charge is -2.15. The Balaban J connectivity index is 1.32. The second-order valence-corrected chi connectivity index (χ2v) is 10.8. The number of halogens is 2. The number of nitrogens with one attached hydrogen (secondary N) is 4. The van der Waals surface area contributed by atoms with Crippen LogP contribution >= 0.6 is 11.6 Å². The van der Waals surface area contributed by atoms with Crippen molar-refractivity contribution in [3.05, 3.63) is 88.6 Å². The number of hydrogen-bond donors (Lipinski definition) is 5. The molecule has 4 heterocycles. The molecule has 0 bridgehead atoms. The topological polar surface area (TPSA) is 150 Å². The molecule has 234 valence electrons. The Kier molecular flexibility index (Phi) is 10.6. The van der Waals surface area contributed by atoms with Crippen LogP contribution in [0.4, 0.5) is 10.1 Å². The predicted molar refractivity (Wildman–Crippen MR) is 168 cm³/mol. The monoisotopic (exact) mass is 633 g/mol. The van der Waals surface area contributed by atoms with Crippen LogP contribution in [-0.2, 0) is 17.9 Å². The molecule has 11 nitrogen and oxygen atoms in total. The summed E-state index contributed by atoms with van der Waals surface area (Å²) in [5, 5.41) is 20.9. The summed E-state index contributed by atoms with van der Waals surface area (Å²) in [4.78, 5) is 37.5. The summed E-state index contributed by atoms with van der Waals surface area (Å²) in [7, 11) is 1.53. The standard InChI is InChI=1S/C32H33ClFN7O4/c1-45-32-20(17-36-18-21-7-10-27(43)39-21)6-9-24(41-32)22-11-12-37-30(28(22)33)23-3-2-4-25(29(23)34)40-31(44)26-8-5-19(16-38-26)15-35-13-14-42/h2-6,8-9,11-12,16,21,35-36,42H,7,10,13-15,17-18H2,1H3,(H,39,43)(H,40,44). The number of ether oxygens (including phenoxy) is 1. The first-order valence-electron chi connectivity index (χ1n) is 14.4. The van der Waals surface area contributed by atoms with Gasteiger partial charge in [0.15, 0.2) is 5.82 Å². The molecule has 5 N–H and O–H groups in total. The summed E-state index contributed by atoms with van der Waals surface area (Å²) in [6.07, 6.45) is 4.41. The van der Waals surface area contributed by atoms with Crippen LogP contribution < -0.4 is 26.0 Å². The zero-order valence-electron chi connectivity index (χ0n) is 24.6. The van der Waals surface area contributed by atoms with Crippen molar-refractivity contribution >= 4 is 29.1 Å². The van der Waals surface area contributed by atoms with E-state index >= 15 is 4.39 Å². The Morgan fingerprint density at radius 3 is 2.71 bits per heavy atom. The third-order valence-corrected chi connectivity index (χ3v) is 7.65. The Bertz CT molecular complexity index is 1670. The second kappa shape index (κ2) is 15.0. The molecule has 0 radical (unpaired) electrons. The van der Waals surface area contributed by atoms with Crippen LogP contribution in [0.25, 0.3) is 22.5 Å². The van der Waals surface area contributed by atoms with Crippen LogP contribution in [0.5, 0.6) is 5.88 Å². The molecule has 0 saturated carbocycles. The number of carbonyl (C=O) groups excluding carboxylic acids is 2. The van der Waals surface area contributed by atoms with Gasteiger partial charge in [-0.25, -0.2) is 9.37 Å². The highest BCUT2D eigenvalue weighted by molar-refractivity contribution is 6.35. The van der Waals surface area contributed by atoms with Crippen LogP contribution in [0.2, 0.25) is 5.02 Å². The zero-order valence-corrected chi connectivity index (χ0v) is 25.3. The molecule has 1 unspecified atom stereocenters.